The second-order valence-electron chi connectivity index (χ2n) is 4.18. The summed E-state index contributed by atoms with van der Waals surface area (Å²) in [5.41, 5.74) is -4.09. The normalized spacial score (nSPS) is 24.4. The lowest BCUT2D eigenvalue weighted by Gasteiger charge is -2.16. The SMILES string of the molecule is CN1CCCC(NCCSC(F)(F)F)CC1. The van der Waals surface area contributed by atoms with E-state index in [0.717, 1.165) is 32.4 Å². The van der Waals surface area contributed by atoms with Gasteiger partial charge in [-0.05, 0) is 51.2 Å². The maximum absolute atomic E-state index is 11.9. The van der Waals surface area contributed by atoms with Crippen molar-refractivity contribution in [3.8, 4) is 0 Å². The van der Waals surface area contributed by atoms with Gasteiger partial charge in [-0.2, -0.15) is 13.2 Å². The Morgan fingerprint density at radius 2 is 2.06 bits per heavy atom. The van der Waals surface area contributed by atoms with E-state index in [0.29, 0.717) is 12.6 Å². The molecule has 16 heavy (non-hydrogen) atoms. The minimum atomic E-state index is -4.09. The molecule has 0 aromatic rings. The van der Waals surface area contributed by atoms with Crippen molar-refractivity contribution in [2.45, 2.75) is 30.8 Å². The van der Waals surface area contributed by atoms with Gasteiger partial charge in [0.1, 0.15) is 0 Å². The molecule has 0 aromatic heterocycles. The van der Waals surface area contributed by atoms with Crippen molar-refractivity contribution in [3.63, 3.8) is 0 Å². The van der Waals surface area contributed by atoms with Gasteiger partial charge in [0, 0.05) is 18.3 Å². The van der Waals surface area contributed by atoms with Crippen molar-refractivity contribution >= 4 is 11.8 Å². The van der Waals surface area contributed by atoms with E-state index in [9.17, 15) is 13.2 Å². The predicted octanol–water partition coefficient (Wildman–Crippen LogP) is 2.31. The Hall–Kier alpha value is 0.0600. The molecule has 96 valence electrons. The number of thioether (sulfide) groups is 1. The van der Waals surface area contributed by atoms with Crippen LogP contribution >= 0.6 is 11.8 Å². The van der Waals surface area contributed by atoms with Crippen molar-refractivity contribution < 1.29 is 13.2 Å². The molecule has 0 bridgehead atoms. The zero-order chi connectivity index (χ0) is 12.0. The zero-order valence-corrected chi connectivity index (χ0v) is 10.3. The van der Waals surface area contributed by atoms with Gasteiger partial charge in [0.2, 0.25) is 0 Å². The van der Waals surface area contributed by atoms with Crippen molar-refractivity contribution in [1.29, 1.82) is 0 Å². The first-order valence-corrected chi connectivity index (χ1v) is 6.58. The molecule has 0 spiro atoms. The van der Waals surface area contributed by atoms with Crippen LogP contribution in [0.3, 0.4) is 0 Å². The van der Waals surface area contributed by atoms with Crippen molar-refractivity contribution in [2.75, 3.05) is 32.4 Å². The summed E-state index contributed by atoms with van der Waals surface area (Å²) < 4.78 is 35.6. The lowest BCUT2D eigenvalue weighted by Crippen LogP contribution is -2.32. The molecule has 0 aliphatic carbocycles. The number of alkyl halides is 3. The first kappa shape index (κ1) is 14.1. The van der Waals surface area contributed by atoms with Crippen LogP contribution in [0.4, 0.5) is 13.2 Å². The molecule has 1 saturated heterocycles. The third-order valence-electron chi connectivity index (χ3n) is 2.75. The Balaban J connectivity index is 2.08. The van der Waals surface area contributed by atoms with Crippen LogP contribution in [-0.2, 0) is 0 Å². The highest BCUT2D eigenvalue weighted by molar-refractivity contribution is 8.00. The summed E-state index contributed by atoms with van der Waals surface area (Å²) >= 11 is 0.0550. The zero-order valence-electron chi connectivity index (χ0n) is 9.52. The van der Waals surface area contributed by atoms with E-state index in [2.05, 4.69) is 17.3 Å². The molecular weight excluding hydrogens is 237 g/mol. The Bertz CT molecular complexity index is 199. The molecule has 1 aliphatic rings. The van der Waals surface area contributed by atoms with Gasteiger partial charge >= 0.3 is 5.51 Å². The maximum Gasteiger partial charge on any atom is 0.441 e. The molecule has 0 saturated carbocycles. The number of hydrogen-bond donors (Lipinski definition) is 1. The van der Waals surface area contributed by atoms with Crippen LogP contribution in [-0.4, -0.2) is 48.9 Å². The summed E-state index contributed by atoms with van der Waals surface area (Å²) in [5, 5.41) is 3.21. The van der Waals surface area contributed by atoms with E-state index >= 15 is 0 Å². The van der Waals surface area contributed by atoms with Crippen LogP contribution in [0.15, 0.2) is 0 Å². The largest absolute Gasteiger partial charge is 0.441 e. The standard InChI is InChI=1S/C10H19F3N2S/c1-15-6-2-3-9(4-7-15)14-5-8-16-10(11,12)13/h9,14H,2-8H2,1H3. The highest BCUT2D eigenvalue weighted by Gasteiger charge is 2.27. The van der Waals surface area contributed by atoms with Gasteiger partial charge in [0.15, 0.2) is 0 Å². The molecule has 0 amide bonds. The number of nitrogens with one attached hydrogen (secondary N) is 1. The minimum Gasteiger partial charge on any atom is -0.313 e. The smallest absolute Gasteiger partial charge is 0.313 e. The van der Waals surface area contributed by atoms with Crippen LogP contribution in [0.1, 0.15) is 19.3 Å². The van der Waals surface area contributed by atoms with E-state index in [1.165, 1.54) is 0 Å². The lowest BCUT2D eigenvalue weighted by atomic mass is 10.1. The quantitative estimate of drug-likeness (QED) is 0.777. The molecule has 1 N–H and O–H groups in total. The molecule has 1 rings (SSSR count). The van der Waals surface area contributed by atoms with Crippen LogP contribution in [0.5, 0.6) is 0 Å². The fraction of sp³-hybridized carbons (Fsp3) is 1.00. The Morgan fingerprint density at radius 1 is 1.31 bits per heavy atom. The monoisotopic (exact) mass is 256 g/mol. The lowest BCUT2D eigenvalue weighted by molar-refractivity contribution is -0.0327. The molecule has 1 heterocycles. The second-order valence-corrected chi connectivity index (χ2v) is 5.34. The topological polar surface area (TPSA) is 15.3 Å². The first-order valence-electron chi connectivity index (χ1n) is 5.60. The van der Waals surface area contributed by atoms with Gasteiger partial charge in [0.05, 0.1) is 0 Å². The van der Waals surface area contributed by atoms with Gasteiger partial charge in [-0.1, -0.05) is 0 Å². The van der Waals surface area contributed by atoms with Crippen molar-refractivity contribution in [2.24, 2.45) is 0 Å². The molecule has 2 nitrogen and oxygen atoms in total. The van der Waals surface area contributed by atoms with E-state index < -0.39 is 5.51 Å². The molecule has 6 heteroatoms. The molecule has 1 aliphatic heterocycles. The molecular formula is C10H19F3N2S. The number of nitrogens with zero attached hydrogens (tertiary/aromatic N) is 1. The molecule has 0 aromatic carbocycles. The van der Waals surface area contributed by atoms with E-state index in [4.69, 9.17) is 0 Å². The highest BCUT2D eigenvalue weighted by Crippen LogP contribution is 2.29. The van der Waals surface area contributed by atoms with Gasteiger partial charge in [-0.15, -0.1) is 0 Å². The average Bonchev–Trinajstić information content (AvgIpc) is 2.37. The fourth-order valence-corrected chi connectivity index (χ4v) is 2.33. The third-order valence-corrected chi connectivity index (χ3v) is 3.49. The second kappa shape index (κ2) is 6.71. The van der Waals surface area contributed by atoms with Gasteiger partial charge in [0.25, 0.3) is 0 Å². The summed E-state index contributed by atoms with van der Waals surface area (Å²) in [5.74, 6) is 0.107. The summed E-state index contributed by atoms with van der Waals surface area (Å²) in [7, 11) is 2.09. The number of likely N-dealkylation sites (tertiary alicyclic amines) is 1. The molecule has 1 atom stereocenters. The Labute approximate surface area is 98.9 Å². The Morgan fingerprint density at radius 3 is 2.75 bits per heavy atom. The highest BCUT2D eigenvalue weighted by atomic mass is 32.2. The van der Waals surface area contributed by atoms with Gasteiger partial charge in [-0.3, -0.25) is 0 Å². The predicted molar refractivity (Wildman–Crippen MR) is 61.7 cm³/mol. The van der Waals surface area contributed by atoms with Gasteiger partial charge < -0.3 is 10.2 Å². The summed E-state index contributed by atoms with van der Waals surface area (Å²) in [6.07, 6.45) is 3.23. The first-order chi connectivity index (χ1) is 7.47. The van der Waals surface area contributed by atoms with Crippen LogP contribution < -0.4 is 5.32 Å². The van der Waals surface area contributed by atoms with E-state index in [1.54, 1.807) is 0 Å². The third kappa shape index (κ3) is 6.60. The van der Waals surface area contributed by atoms with E-state index in [-0.39, 0.29) is 17.5 Å². The summed E-state index contributed by atoms with van der Waals surface area (Å²) in [6.45, 7) is 2.57. The average molecular weight is 256 g/mol. The van der Waals surface area contributed by atoms with Crippen molar-refractivity contribution in [1.82, 2.24) is 10.2 Å². The minimum absolute atomic E-state index is 0.0550. The Kier molecular flexibility index (Phi) is 5.92. The number of rotatable bonds is 4. The molecule has 1 unspecified atom stereocenters. The van der Waals surface area contributed by atoms with Crippen LogP contribution in [0, 0.1) is 0 Å². The van der Waals surface area contributed by atoms with Crippen LogP contribution in [0.25, 0.3) is 0 Å². The number of halogens is 3. The van der Waals surface area contributed by atoms with Crippen LogP contribution in [0.2, 0.25) is 0 Å². The molecule has 1 fully saturated rings. The fourth-order valence-electron chi connectivity index (χ4n) is 1.87. The maximum atomic E-state index is 11.9. The van der Waals surface area contributed by atoms with E-state index in [1.807, 2.05) is 0 Å². The van der Waals surface area contributed by atoms with Gasteiger partial charge in [-0.25, -0.2) is 0 Å². The number of hydrogen-bond acceptors (Lipinski definition) is 3. The van der Waals surface area contributed by atoms with Crippen molar-refractivity contribution in [3.05, 3.63) is 0 Å². The summed E-state index contributed by atoms with van der Waals surface area (Å²) in [4.78, 5) is 2.27. The summed E-state index contributed by atoms with van der Waals surface area (Å²) in [6, 6.07) is 0.388. The molecule has 0 radical (unpaired) electrons.